The van der Waals surface area contributed by atoms with Gasteiger partial charge in [0.1, 0.15) is 11.6 Å². The van der Waals surface area contributed by atoms with Crippen LogP contribution in [-0.4, -0.2) is 19.7 Å². The Balaban J connectivity index is 1.96. The molecule has 2 aromatic carbocycles. The minimum absolute atomic E-state index is 0.270. The molecule has 160 valence electrons. The maximum atomic E-state index is 12.5. The topological polar surface area (TPSA) is 97.8 Å². The van der Waals surface area contributed by atoms with Crippen molar-refractivity contribution in [3.8, 4) is 28.3 Å². The summed E-state index contributed by atoms with van der Waals surface area (Å²) in [4.78, 5) is 4.54. The van der Waals surface area contributed by atoms with E-state index in [1.807, 2.05) is 54.6 Å². The van der Waals surface area contributed by atoms with Gasteiger partial charge in [0.05, 0.1) is 10.3 Å². The van der Waals surface area contributed by atoms with Gasteiger partial charge in [0, 0.05) is 29.0 Å². The van der Waals surface area contributed by atoms with Crippen molar-refractivity contribution in [3.05, 3.63) is 89.5 Å². The van der Waals surface area contributed by atoms with Crippen molar-refractivity contribution in [1.29, 1.82) is 5.26 Å². The van der Waals surface area contributed by atoms with Crippen LogP contribution in [0.15, 0.2) is 73.2 Å². The predicted octanol–water partition coefficient (Wildman–Crippen LogP) is 4.35. The van der Waals surface area contributed by atoms with Crippen LogP contribution < -0.4 is 4.73 Å². The summed E-state index contributed by atoms with van der Waals surface area (Å²) < 4.78 is 24.5. The molecule has 0 fully saturated rings. The highest BCUT2D eigenvalue weighted by molar-refractivity contribution is 7.91. The van der Waals surface area contributed by atoms with Crippen LogP contribution >= 0.6 is 0 Å². The molecule has 32 heavy (non-hydrogen) atoms. The molecule has 4 aromatic rings. The highest BCUT2D eigenvalue weighted by Crippen LogP contribution is 2.37. The molecule has 2 aromatic heterocycles. The third-order valence-electron chi connectivity index (χ3n) is 5.81. The maximum Gasteiger partial charge on any atom is 0.198 e. The molecular weight excluding hydrogens is 422 g/mol. The first-order valence-corrected chi connectivity index (χ1v) is 11.8. The molecule has 0 radical (unpaired) electrons. The summed E-state index contributed by atoms with van der Waals surface area (Å²) in [6.45, 7) is 3.39. The van der Waals surface area contributed by atoms with Gasteiger partial charge in [-0.3, -0.25) is 4.98 Å². The number of nitriles is 1. The zero-order valence-electron chi connectivity index (χ0n) is 17.9. The Morgan fingerprint density at radius 2 is 1.75 bits per heavy atom. The number of aromatic nitrogens is 2. The molecule has 2 heterocycles. The molecule has 7 heteroatoms. The van der Waals surface area contributed by atoms with Crippen molar-refractivity contribution in [2.45, 2.75) is 18.6 Å². The van der Waals surface area contributed by atoms with E-state index in [0.29, 0.717) is 15.9 Å². The van der Waals surface area contributed by atoms with Gasteiger partial charge in [0.25, 0.3) is 0 Å². The highest BCUT2D eigenvalue weighted by atomic mass is 32.2. The number of benzene rings is 2. The van der Waals surface area contributed by atoms with Crippen LogP contribution in [-0.2, 0) is 14.6 Å². The van der Waals surface area contributed by atoms with Crippen LogP contribution in [0, 0.1) is 16.5 Å². The lowest BCUT2D eigenvalue weighted by molar-refractivity contribution is -0.605. The predicted molar refractivity (Wildman–Crippen MR) is 124 cm³/mol. The van der Waals surface area contributed by atoms with Crippen LogP contribution in [0.3, 0.4) is 0 Å². The minimum Gasteiger partial charge on any atom is -0.619 e. The van der Waals surface area contributed by atoms with E-state index in [0.717, 1.165) is 27.6 Å². The molecule has 0 saturated carbocycles. The van der Waals surface area contributed by atoms with E-state index in [-0.39, 0.29) is 5.56 Å². The van der Waals surface area contributed by atoms with Crippen LogP contribution in [0.5, 0.6) is 0 Å². The second-order valence-electron chi connectivity index (χ2n) is 8.25. The first-order chi connectivity index (χ1) is 15.1. The maximum absolute atomic E-state index is 12.5. The van der Waals surface area contributed by atoms with Crippen molar-refractivity contribution in [2.75, 3.05) is 6.26 Å². The van der Waals surface area contributed by atoms with Crippen molar-refractivity contribution in [1.82, 2.24) is 4.98 Å². The molecule has 0 atom stereocenters. The van der Waals surface area contributed by atoms with E-state index in [1.54, 1.807) is 26.1 Å². The highest BCUT2D eigenvalue weighted by Gasteiger charge is 2.33. The Morgan fingerprint density at radius 1 is 1.00 bits per heavy atom. The van der Waals surface area contributed by atoms with Gasteiger partial charge >= 0.3 is 0 Å². The van der Waals surface area contributed by atoms with Crippen molar-refractivity contribution in [3.63, 3.8) is 0 Å². The second-order valence-corrected chi connectivity index (χ2v) is 10.8. The fourth-order valence-electron chi connectivity index (χ4n) is 3.61. The van der Waals surface area contributed by atoms with E-state index in [1.165, 1.54) is 18.6 Å². The SMILES string of the molecule is CC(C)(c1cc(-c2cccc(-c3cc(C#N)c[n+]([O-])c3)c2)c2ncccc2c1)S(C)(=O)=O. The number of rotatable bonds is 4. The van der Waals surface area contributed by atoms with Gasteiger partial charge in [0.2, 0.25) is 0 Å². The van der Waals surface area contributed by atoms with Crippen LogP contribution in [0.4, 0.5) is 0 Å². The largest absolute Gasteiger partial charge is 0.619 e. The summed E-state index contributed by atoms with van der Waals surface area (Å²) in [6, 6.07) is 18.7. The number of hydrogen-bond donors (Lipinski definition) is 0. The lowest BCUT2D eigenvalue weighted by atomic mass is 9.92. The molecule has 0 aliphatic heterocycles. The third kappa shape index (κ3) is 3.81. The summed E-state index contributed by atoms with van der Waals surface area (Å²) in [7, 11) is -3.38. The number of hydrogen-bond acceptors (Lipinski definition) is 5. The smallest absolute Gasteiger partial charge is 0.198 e. The van der Waals surface area contributed by atoms with Gasteiger partial charge in [-0.05, 0) is 60.9 Å². The number of nitrogens with zero attached hydrogens (tertiary/aromatic N) is 3. The monoisotopic (exact) mass is 443 g/mol. The summed E-state index contributed by atoms with van der Waals surface area (Å²) in [5, 5.41) is 22.0. The summed E-state index contributed by atoms with van der Waals surface area (Å²) in [5.74, 6) is 0. The lowest BCUT2D eigenvalue weighted by Gasteiger charge is -2.24. The Bertz CT molecular complexity index is 1500. The van der Waals surface area contributed by atoms with Crippen molar-refractivity contribution < 1.29 is 13.1 Å². The van der Waals surface area contributed by atoms with Crippen LogP contribution in [0.2, 0.25) is 0 Å². The molecule has 0 amide bonds. The molecule has 0 saturated heterocycles. The molecule has 0 bridgehead atoms. The normalized spacial score (nSPS) is 11.9. The standard InChI is InChI=1S/C25H21N3O3S/c1-25(2,32(3,30)31)22-12-20-8-5-9-27-24(20)23(13-22)19-7-4-6-18(11-19)21-10-17(14-26)15-28(29)16-21/h4-13,15-16H,1-3H3. The average Bonchev–Trinajstić information content (AvgIpc) is 2.77. The van der Waals surface area contributed by atoms with E-state index in [4.69, 9.17) is 0 Å². The van der Waals surface area contributed by atoms with E-state index in [2.05, 4.69) is 4.98 Å². The Hall–Kier alpha value is -3.76. The molecule has 0 N–H and O–H groups in total. The molecule has 6 nitrogen and oxygen atoms in total. The summed E-state index contributed by atoms with van der Waals surface area (Å²) in [5.41, 5.74) is 4.70. The van der Waals surface area contributed by atoms with E-state index in [9.17, 15) is 18.9 Å². The van der Waals surface area contributed by atoms with Crippen molar-refractivity contribution >= 4 is 20.7 Å². The molecule has 4 rings (SSSR count). The number of pyridine rings is 2. The molecular formula is C25H21N3O3S. The van der Waals surface area contributed by atoms with E-state index < -0.39 is 14.6 Å². The fraction of sp³-hybridized carbons (Fsp3) is 0.160. The van der Waals surface area contributed by atoms with E-state index >= 15 is 0 Å². The summed E-state index contributed by atoms with van der Waals surface area (Å²) in [6.07, 6.45) is 5.58. The zero-order chi connectivity index (χ0) is 23.1. The molecule has 0 aliphatic carbocycles. The Kier molecular flexibility index (Phi) is 5.19. The Morgan fingerprint density at radius 3 is 2.47 bits per heavy atom. The fourth-order valence-corrected chi connectivity index (χ4v) is 4.16. The molecule has 0 unspecified atom stereocenters. The van der Waals surface area contributed by atoms with Crippen LogP contribution in [0.25, 0.3) is 33.2 Å². The quantitative estimate of drug-likeness (QED) is 0.345. The first-order valence-electron chi connectivity index (χ1n) is 9.94. The van der Waals surface area contributed by atoms with Gasteiger partial charge in [-0.1, -0.05) is 24.3 Å². The van der Waals surface area contributed by atoms with Gasteiger partial charge in [-0.15, -0.1) is 0 Å². The van der Waals surface area contributed by atoms with Crippen molar-refractivity contribution in [2.24, 2.45) is 0 Å². The zero-order valence-corrected chi connectivity index (χ0v) is 18.7. The van der Waals surface area contributed by atoms with Crippen LogP contribution in [0.1, 0.15) is 25.0 Å². The lowest BCUT2D eigenvalue weighted by Crippen LogP contribution is -2.28. The van der Waals surface area contributed by atoms with Gasteiger partial charge in [-0.25, -0.2) is 8.42 Å². The minimum atomic E-state index is -3.38. The number of fused-ring (bicyclic) bond motifs is 1. The third-order valence-corrected chi connectivity index (χ3v) is 7.90. The Labute approximate surface area is 186 Å². The average molecular weight is 444 g/mol. The molecule has 0 aliphatic rings. The number of sulfone groups is 1. The van der Waals surface area contributed by atoms with Gasteiger partial charge in [-0.2, -0.15) is 9.99 Å². The molecule has 0 spiro atoms. The van der Waals surface area contributed by atoms with Gasteiger partial charge < -0.3 is 5.21 Å². The summed E-state index contributed by atoms with van der Waals surface area (Å²) >= 11 is 0. The first kappa shape index (κ1) is 21.5. The van der Waals surface area contributed by atoms with Gasteiger partial charge in [0.15, 0.2) is 22.2 Å². The second kappa shape index (κ2) is 7.74.